The van der Waals surface area contributed by atoms with E-state index in [0.29, 0.717) is 21.9 Å². The van der Waals surface area contributed by atoms with Crippen LogP contribution in [0.3, 0.4) is 0 Å². The van der Waals surface area contributed by atoms with E-state index < -0.39 is 17.5 Å². The highest BCUT2D eigenvalue weighted by molar-refractivity contribution is 7.14. The van der Waals surface area contributed by atoms with Gasteiger partial charge in [-0.2, -0.15) is 0 Å². The molecule has 7 nitrogen and oxygen atoms in total. The number of carbonyl (C=O) groups is 3. The van der Waals surface area contributed by atoms with Gasteiger partial charge in [0.25, 0.3) is 5.91 Å². The van der Waals surface area contributed by atoms with E-state index >= 15 is 0 Å². The lowest BCUT2D eigenvalue weighted by Gasteiger charge is -2.22. The minimum atomic E-state index is -1.26. The van der Waals surface area contributed by atoms with E-state index in [1.807, 2.05) is 13.0 Å². The summed E-state index contributed by atoms with van der Waals surface area (Å²) < 4.78 is 10.6. The zero-order valence-electron chi connectivity index (χ0n) is 14.9. The summed E-state index contributed by atoms with van der Waals surface area (Å²) >= 11 is 1.39. The number of thiophene rings is 1. The summed E-state index contributed by atoms with van der Waals surface area (Å²) in [4.78, 5) is 40.5. The lowest BCUT2D eigenvalue weighted by atomic mass is 9.91. The number of nitrogens with one attached hydrogen (secondary N) is 1. The maximum absolute atomic E-state index is 13.0. The zero-order valence-corrected chi connectivity index (χ0v) is 15.7. The molecule has 0 unspecified atom stereocenters. The van der Waals surface area contributed by atoms with Crippen molar-refractivity contribution in [3.05, 3.63) is 45.6 Å². The standard InChI is InChI=1S/C19H18N2O5S/c1-3-12-5-7-16(27-12)13(22)9-21-17(23)19(2,20-18(21)24)11-4-6-14-15(8-11)26-10-25-14/h4-8H,3,9-10H2,1-2H3,(H,20,24)/t19-/m1/s1. The molecule has 0 aliphatic carbocycles. The van der Waals surface area contributed by atoms with Gasteiger partial charge in [0.15, 0.2) is 17.3 Å². The van der Waals surface area contributed by atoms with Gasteiger partial charge in [0, 0.05) is 4.88 Å². The van der Waals surface area contributed by atoms with Crippen LogP contribution in [-0.2, 0) is 16.8 Å². The Morgan fingerprint density at radius 3 is 2.74 bits per heavy atom. The summed E-state index contributed by atoms with van der Waals surface area (Å²) in [6, 6.07) is 8.14. The third-order valence-corrected chi connectivity index (χ3v) is 6.08. The summed E-state index contributed by atoms with van der Waals surface area (Å²) in [5, 5.41) is 2.70. The van der Waals surface area contributed by atoms with Crippen LogP contribution in [0.5, 0.6) is 11.5 Å². The van der Waals surface area contributed by atoms with Crippen molar-refractivity contribution in [2.75, 3.05) is 13.3 Å². The average Bonchev–Trinajstić information content (AvgIpc) is 3.36. The molecule has 2 aromatic rings. The minimum Gasteiger partial charge on any atom is -0.454 e. The number of aryl methyl sites for hydroxylation is 1. The first-order valence-electron chi connectivity index (χ1n) is 8.58. The van der Waals surface area contributed by atoms with E-state index in [2.05, 4.69) is 5.32 Å². The first-order chi connectivity index (χ1) is 12.9. The lowest BCUT2D eigenvalue weighted by molar-refractivity contribution is -0.130. The Bertz CT molecular complexity index is 953. The molecular formula is C19H18N2O5S. The quantitative estimate of drug-likeness (QED) is 0.631. The molecule has 3 amide bonds. The van der Waals surface area contributed by atoms with Crippen LogP contribution in [0.1, 0.15) is 34.0 Å². The number of hydrogen-bond donors (Lipinski definition) is 1. The fourth-order valence-corrected chi connectivity index (χ4v) is 4.06. The largest absolute Gasteiger partial charge is 0.454 e. The van der Waals surface area contributed by atoms with Gasteiger partial charge in [-0.05, 0) is 43.2 Å². The van der Waals surface area contributed by atoms with E-state index in [9.17, 15) is 14.4 Å². The Kier molecular flexibility index (Phi) is 4.15. The van der Waals surface area contributed by atoms with Gasteiger partial charge in [0.05, 0.1) is 11.4 Å². The van der Waals surface area contributed by atoms with Gasteiger partial charge in [-0.25, -0.2) is 4.79 Å². The fourth-order valence-electron chi connectivity index (χ4n) is 3.18. The Hall–Kier alpha value is -2.87. The van der Waals surface area contributed by atoms with Crippen LogP contribution >= 0.6 is 11.3 Å². The molecule has 3 heterocycles. The van der Waals surface area contributed by atoms with Gasteiger partial charge in [0.1, 0.15) is 5.54 Å². The van der Waals surface area contributed by atoms with E-state index in [4.69, 9.17) is 9.47 Å². The highest BCUT2D eigenvalue weighted by Crippen LogP contribution is 2.37. The van der Waals surface area contributed by atoms with Crippen molar-refractivity contribution in [3.63, 3.8) is 0 Å². The number of carbonyl (C=O) groups excluding carboxylic acids is 3. The van der Waals surface area contributed by atoms with Gasteiger partial charge < -0.3 is 14.8 Å². The van der Waals surface area contributed by atoms with Crippen molar-refractivity contribution >= 4 is 29.1 Å². The SMILES string of the molecule is CCc1ccc(C(=O)CN2C(=O)N[C@](C)(c3ccc4c(c3)OCO4)C2=O)s1. The second-order valence-corrected chi connectivity index (χ2v) is 7.73. The molecule has 1 aromatic carbocycles. The highest BCUT2D eigenvalue weighted by atomic mass is 32.1. The second-order valence-electron chi connectivity index (χ2n) is 6.56. The molecule has 0 spiro atoms. The molecule has 1 fully saturated rings. The molecule has 1 atom stereocenters. The molecule has 1 aromatic heterocycles. The molecule has 1 saturated heterocycles. The molecule has 0 radical (unpaired) electrons. The number of ether oxygens (including phenoxy) is 2. The number of rotatable bonds is 5. The van der Waals surface area contributed by atoms with Crippen LogP contribution in [0.25, 0.3) is 0 Å². The van der Waals surface area contributed by atoms with Crippen molar-refractivity contribution < 1.29 is 23.9 Å². The second kappa shape index (κ2) is 6.38. The Morgan fingerprint density at radius 2 is 2.00 bits per heavy atom. The zero-order chi connectivity index (χ0) is 19.2. The summed E-state index contributed by atoms with van der Waals surface area (Å²) in [7, 11) is 0. The smallest absolute Gasteiger partial charge is 0.325 e. The number of nitrogens with zero attached hydrogens (tertiary/aromatic N) is 1. The average molecular weight is 386 g/mol. The van der Waals surface area contributed by atoms with E-state index in [1.54, 1.807) is 31.2 Å². The molecule has 1 N–H and O–H groups in total. The number of amides is 3. The lowest BCUT2D eigenvalue weighted by Crippen LogP contribution is -2.41. The molecule has 8 heteroatoms. The first-order valence-corrected chi connectivity index (χ1v) is 9.40. The van der Waals surface area contributed by atoms with Gasteiger partial charge in [-0.1, -0.05) is 13.0 Å². The summed E-state index contributed by atoms with van der Waals surface area (Å²) in [5.41, 5.74) is -0.688. The van der Waals surface area contributed by atoms with Crippen LogP contribution in [-0.4, -0.2) is 36.0 Å². The number of imide groups is 1. The number of urea groups is 1. The summed E-state index contributed by atoms with van der Waals surface area (Å²) in [5.74, 6) is 0.400. The monoisotopic (exact) mass is 386 g/mol. The van der Waals surface area contributed by atoms with Crippen molar-refractivity contribution in [1.29, 1.82) is 0 Å². The molecule has 4 rings (SSSR count). The molecule has 27 heavy (non-hydrogen) atoms. The van der Waals surface area contributed by atoms with Crippen molar-refractivity contribution in [2.45, 2.75) is 25.8 Å². The van der Waals surface area contributed by atoms with E-state index in [1.165, 1.54) is 11.3 Å². The Morgan fingerprint density at radius 1 is 1.22 bits per heavy atom. The van der Waals surface area contributed by atoms with Crippen molar-refractivity contribution in [2.24, 2.45) is 0 Å². The molecule has 140 valence electrons. The van der Waals surface area contributed by atoms with Crippen LogP contribution in [0, 0.1) is 0 Å². The maximum atomic E-state index is 13.0. The fraction of sp³-hybridized carbons (Fsp3) is 0.316. The number of fused-ring (bicyclic) bond motifs is 1. The molecular weight excluding hydrogens is 368 g/mol. The van der Waals surface area contributed by atoms with Crippen LogP contribution in [0.15, 0.2) is 30.3 Å². The van der Waals surface area contributed by atoms with Crippen LogP contribution in [0.4, 0.5) is 4.79 Å². The normalized spacial score (nSPS) is 20.9. The third kappa shape index (κ3) is 2.86. The van der Waals surface area contributed by atoms with Gasteiger partial charge in [0.2, 0.25) is 6.79 Å². The summed E-state index contributed by atoms with van der Waals surface area (Å²) in [6.45, 7) is 3.47. The Balaban J connectivity index is 1.57. The van der Waals surface area contributed by atoms with Gasteiger partial charge in [-0.15, -0.1) is 11.3 Å². The van der Waals surface area contributed by atoms with Gasteiger partial charge >= 0.3 is 6.03 Å². The molecule has 2 aliphatic heterocycles. The minimum absolute atomic E-state index is 0.122. The van der Waals surface area contributed by atoms with Gasteiger partial charge in [-0.3, -0.25) is 14.5 Å². The summed E-state index contributed by atoms with van der Waals surface area (Å²) in [6.07, 6.45) is 0.837. The predicted octanol–water partition coefficient (Wildman–Crippen LogP) is 2.69. The number of benzene rings is 1. The highest BCUT2D eigenvalue weighted by Gasteiger charge is 2.50. The maximum Gasteiger partial charge on any atom is 0.325 e. The Labute approximate surface area is 159 Å². The number of hydrogen-bond acceptors (Lipinski definition) is 6. The van der Waals surface area contributed by atoms with Crippen LogP contribution in [0.2, 0.25) is 0 Å². The topological polar surface area (TPSA) is 84.9 Å². The number of ketones is 1. The van der Waals surface area contributed by atoms with Crippen molar-refractivity contribution in [1.82, 2.24) is 10.2 Å². The van der Waals surface area contributed by atoms with Crippen LogP contribution < -0.4 is 14.8 Å². The van der Waals surface area contributed by atoms with E-state index in [-0.39, 0.29) is 19.1 Å². The van der Waals surface area contributed by atoms with Crippen molar-refractivity contribution in [3.8, 4) is 11.5 Å². The third-order valence-electron chi connectivity index (χ3n) is 4.81. The number of Topliss-reactive ketones (excluding diaryl/α,β-unsaturated/α-hetero) is 1. The first kappa shape index (κ1) is 17.5. The molecule has 2 aliphatic rings. The predicted molar refractivity (Wildman–Crippen MR) is 98.2 cm³/mol. The van der Waals surface area contributed by atoms with E-state index in [0.717, 1.165) is 16.2 Å². The molecule has 0 saturated carbocycles. The molecule has 0 bridgehead atoms.